The lowest BCUT2D eigenvalue weighted by molar-refractivity contribution is 0.308. The van der Waals surface area contributed by atoms with Crippen molar-refractivity contribution in [2.75, 3.05) is 7.11 Å². The molecule has 6 heteroatoms. The topological polar surface area (TPSA) is 65.9 Å². The van der Waals surface area contributed by atoms with E-state index in [9.17, 15) is 5.11 Å². The largest absolute Gasteiger partial charge is 0.507 e. The van der Waals surface area contributed by atoms with Crippen LogP contribution in [-0.4, -0.2) is 29.6 Å². The van der Waals surface area contributed by atoms with Crippen LogP contribution in [-0.2, 0) is 0 Å². The van der Waals surface area contributed by atoms with Crippen LogP contribution in [0.3, 0.4) is 0 Å². The lowest BCUT2D eigenvalue weighted by Gasteiger charge is -2.30. The van der Waals surface area contributed by atoms with Crippen LogP contribution in [0.25, 0.3) is 0 Å². The quantitative estimate of drug-likeness (QED) is 0.452. The average molecular weight is 321 g/mol. The molecule has 1 aliphatic carbocycles. The van der Waals surface area contributed by atoms with E-state index < -0.39 is 0 Å². The van der Waals surface area contributed by atoms with Crippen LogP contribution in [0.2, 0.25) is 0 Å². The van der Waals surface area contributed by atoms with Crippen molar-refractivity contribution < 1.29 is 9.84 Å². The highest BCUT2D eigenvalue weighted by Crippen LogP contribution is 2.23. The molecular weight excluding hydrogens is 298 g/mol. The maximum Gasteiger partial charge on any atom is 0.187 e. The van der Waals surface area contributed by atoms with Gasteiger partial charge in [-0.1, -0.05) is 19.8 Å². The standard InChI is InChI=1S/C16H23N3O2S/c1-11-5-3-4-6-14(11)18-16(22)19-17-10-12-9-13(21-2)7-8-15(12)20/h7-11,14,20H,3-6H2,1-2H3,(H2,18,19,22)/b17-10+/t11-,14+/m0/s1. The van der Waals surface area contributed by atoms with Crippen LogP contribution in [0.1, 0.15) is 38.2 Å². The second kappa shape index (κ2) is 7.98. The predicted octanol–water partition coefficient (Wildman–Crippen LogP) is 2.78. The maximum atomic E-state index is 9.77. The number of benzene rings is 1. The van der Waals surface area contributed by atoms with E-state index >= 15 is 0 Å². The van der Waals surface area contributed by atoms with Gasteiger partial charge >= 0.3 is 0 Å². The Bertz CT molecular complexity index is 548. The van der Waals surface area contributed by atoms with E-state index in [4.69, 9.17) is 17.0 Å². The summed E-state index contributed by atoms with van der Waals surface area (Å²) in [6, 6.07) is 5.38. The molecule has 0 heterocycles. The zero-order chi connectivity index (χ0) is 15.9. The first kappa shape index (κ1) is 16.5. The van der Waals surface area contributed by atoms with Gasteiger partial charge in [0.1, 0.15) is 11.5 Å². The molecule has 1 fully saturated rings. The van der Waals surface area contributed by atoms with Gasteiger partial charge in [-0.2, -0.15) is 5.10 Å². The minimum Gasteiger partial charge on any atom is -0.507 e. The number of ether oxygens (including phenoxy) is 1. The van der Waals surface area contributed by atoms with Crippen LogP contribution in [0.5, 0.6) is 11.5 Å². The van der Waals surface area contributed by atoms with Crippen molar-refractivity contribution in [3.63, 3.8) is 0 Å². The molecule has 2 rings (SSSR count). The zero-order valence-corrected chi connectivity index (χ0v) is 13.8. The molecule has 0 radical (unpaired) electrons. The van der Waals surface area contributed by atoms with Crippen molar-refractivity contribution >= 4 is 23.5 Å². The minimum atomic E-state index is 0.145. The van der Waals surface area contributed by atoms with Gasteiger partial charge in [-0.05, 0) is 49.2 Å². The molecule has 0 amide bonds. The molecule has 0 saturated heterocycles. The van der Waals surface area contributed by atoms with Gasteiger partial charge in [0.2, 0.25) is 0 Å². The first-order chi connectivity index (χ1) is 10.6. The van der Waals surface area contributed by atoms with E-state index in [0.717, 1.165) is 6.42 Å². The van der Waals surface area contributed by atoms with E-state index in [1.165, 1.54) is 25.5 Å². The number of phenolic OH excluding ortho intramolecular Hbond substituents is 1. The number of thiocarbonyl (C=S) groups is 1. The van der Waals surface area contributed by atoms with Gasteiger partial charge in [0.15, 0.2) is 5.11 Å². The molecule has 1 saturated carbocycles. The predicted molar refractivity (Wildman–Crippen MR) is 92.5 cm³/mol. The van der Waals surface area contributed by atoms with Crippen LogP contribution in [0.15, 0.2) is 23.3 Å². The number of hydrazone groups is 1. The fraction of sp³-hybridized carbons (Fsp3) is 0.500. The Hall–Kier alpha value is -1.82. The van der Waals surface area contributed by atoms with Crippen molar-refractivity contribution in [1.82, 2.24) is 10.7 Å². The smallest absolute Gasteiger partial charge is 0.187 e. The number of hydrogen-bond acceptors (Lipinski definition) is 4. The average Bonchev–Trinajstić information content (AvgIpc) is 2.51. The van der Waals surface area contributed by atoms with Crippen LogP contribution < -0.4 is 15.5 Å². The van der Waals surface area contributed by atoms with Gasteiger partial charge in [-0.3, -0.25) is 5.43 Å². The van der Waals surface area contributed by atoms with E-state index in [2.05, 4.69) is 22.8 Å². The third-order valence-corrected chi connectivity index (χ3v) is 4.24. The maximum absolute atomic E-state index is 9.77. The number of nitrogens with zero attached hydrogens (tertiary/aromatic N) is 1. The van der Waals surface area contributed by atoms with Gasteiger partial charge in [-0.25, -0.2) is 0 Å². The van der Waals surface area contributed by atoms with Crippen molar-refractivity contribution in [1.29, 1.82) is 0 Å². The molecule has 0 spiro atoms. The minimum absolute atomic E-state index is 0.145. The molecule has 1 aliphatic rings. The highest BCUT2D eigenvalue weighted by molar-refractivity contribution is 7.80. The second-order valence-electron chi connectivity index (χ2n) is 5.64. The summed E-state index contributed by atoms with van der Waals surface area (Å²) >= 11 is 5.26. The normalized spacial score (nSPS) is 21.5. The second-order valence-corrected chi connectivity index (χ2v) is 6.04. The third kappa shape index (κ3) is 4.59. The summed E-state index contributed by atoms with van der Waals surface area (Å²) in [4.78, 5) is 0. The van der Waals surface area contributed by atoms with Gasteiger partial charge < -0.3 is 15.2 Å². The lowest BCUT2D eigenvalue weighted by atomic mass is 9.86. The fourth-order valence-electron chi connectivity index (χ4n) is 2.65. The zero-order valence-electron chi connectivity index (χ0n) is 13.0. The molecule has 1 aromatic rings. The van der Waals surface area contributed by atoms with Gasteiger partial charge in [0.05, 0.1) is 13.3 Å². The van der Waals surface area contributed by atoms with Crippen LogP contribution >= 0.6 is 12.2 Å². The Morgan fingerprint density at radius 2 is 2.18 bits per heavy atom. The molecule has 22 heavy (non-hydrogen) atoms. The molecule has 5 nitrogen and oxygen atoms in total. The molecule has 1 aromatic carbocycles. The third-order valence-electron chi connectivity index (χ3n) is 4.03. The Morgan fingerprint density at radius 1 is 1.41 bits per heavy atom. The highest BCUT2D eigenvalue weighted by Gasteiger charge is 2.21. The van der Waals surface area contributed by atoms with Crippen molar-refractivity contribution in [2.24, 2.45) is 11.0 Å². The Morgan fingerprint density at radius 3 is 2.91 bits per heavy atom. The number of phenols is 1. The molecule has 0 aliphatic heterocycles. The summed E-state index contributed by atoms with van der Waals surface area (Å²) in [5.74, 6) is 1.43. The SMILES string of the molecule is COc1ccc(O)c(/C=N/NC(=S)N[C@@H]2CCCC[C@@H]2C)c1. The number of hydrogen-bond donors (Lipinski definition) is 3. The summed E-state index contributed by atoms with van der Waals surface area (Å²) in [5, 5.41) is 17.7. The molecule has 0 aromatic heterocycles. The van der Waals surface area contributed by atoms with Crippen LogP contribution in [0, 0.1) is 5.92 Å². The van der Waals surface area contributed by atoms with E-state index in [1.807, 2.05) is 0 Å². The molecule has 3 N–H and O–H groups in total. The molecule has 2 atom stereocenters. The summed E-state index contributed by atoms with van der Waals surface area (Å²) < 4.78 is 5.12. The number of rotatable bonds is 4. The Balaban J connectivity index is 1.87. The summed E-state index contributed by atoms with van der Waals surface area (Å²) in [5.41, 5.74) is 3.37. The lowest BCUT2D eigenvalue weighted by Crippen LogP contribution is -2.44. The fourth-order valence-corrected chi connectivity index (χ4v) is 2.86. The first-order valence-electron chi connectivity index (χ1n) is 7.56. The summed E-state index contributed by atoms with van der Waals surface area (Å²) in [6.07, 6.45) is 6.44. The van der Waals surface area contributed by atoms with Crippen molar-refractivity contribution in [3.05, 3.63) is 23.8 Å². The van der Waals surface area contributed by atoms with Crippen molar-refractivity contribution in [3.8, 4) is 11.5 Å². The summed E-state index contributed by atoms with van der Waals surface area (Å²) in [7, 11) is 1.58. The van der Waals surface area contributed by atoms with E-state index in [0.29, 0.717) is 28.4 Å². The molecule has 0 unspecified atom stereocenters. The number of nitrogens with one attached hydrogen (secondary N) is 2. The monoisotopic (exact) mass is 321 g/mol. The van der Waals surface area contributed by atoms with E-state index in [-0.39, 0.29) is 5.75 Å². The van der Waals surface area contributed by atoms with Gasteiger partial charge in [0, 0.05) is 11.6 Å². The molecule has 120 valence electrons. The number of methoxy groups -OCH3 is 1. The Kier molecular flexibility index (Phi) is 6.00. The number of aromatic hydroxyl groups is 1. The first-order valence-corrected chi connectivity index (χ1v) is 7.97. The van der Waals surface area contributed by atoms with Crippen LogP contribution in [0.4, 0.5) is 0 Å². The summed E-state index contributed by atoms with van der Waals surface area (Å²) in [6.45, 7) is 2.25. The molecular formula is C16H23N3O2S. The van der Waals surface area contributed by atoms with Gasteiger partial charge in [-0.15, -0.1) is 0 Å². The van der Waals surface area contributed by atoms with E-state index in [1.54, 1.807) is 25.3 Å². The van der Waals surface area contributed by atoms with Crippen molar-refractivity contribution in [2.45, 2.75) is 38.6 Å². The van der Waals surface area contributed by atoms with Gasteiger partial charge in [0.25, 0.3) is 0 Å². The Labute approximate surface area is 136 Å². The highest BCUT2D eigenvalue weighted by atomic mass is 32.1. The molecule has 0 bridgehead atoms.